The quantitative estimate of drug-likeness (QED) is 0.523. The van der Waals surface area contributed by atoms with Crippen LogP contribution in [0.15, 0.2) is 9.98 Å². The van der Waals surface area contributed by atoms with Gasteiger partial charge in [-0.25, -0.2) is 19.6 Å². The largest absolute Gasteiger partial charge is 0.235 e. The van der Waals surface area contributed by atoms with Crippen LogP contribution in [0.5, 0.6) is 0 Å². The Labute approximate surface area is 89.5 Å². The Bertz CT molecular complexity index is 291. The predicted molar refractivity (Wildman–Crippen MR) is 56.0 cm³/mol. The number of hydrogen-bond donors (Lipinski definition) is 0. The van der Waals surface area contributed by atoms with Crippen molar-refractivity contribution in [3.05, 3.63) is 0 Å². The highest BCUT2D eigenvalue weighted by molar-refractivity contribution is 5.34. The van der Waals surface area contributed by atoms with Crippen molar-refractivity contribution in [2.24, 2.45) is 21.8 Å². The lowest BCUT2D eigenvalue weighted by molar-refractivity contribution is 0.238. The lowest BCUT2D eigenvalue weighted by Gasteiger charge is -2.31. The van der Waals surface area contributed by atoms with E-state index in [0.717, 1.165) is 25.7 Å². The van der Waals surface area contributed by atoms with Gasteiger partial charge in [-0.15, -0.1) is 0 Å². The van der Waals surface area contributed by atoms with E-state index in [4.69, 9.17) is 0 Å². The van der Waals surface area contributed by atoms with Gasteiger partial charge in [-0.05, 0) is 31.1 Å². The summed E-state index contributed by atoms with van der Waals surface area (Å²) in [5.41, 5.74) is 0. The standard InChI is InChI=1S/C11H16N2O2/c1-2-10-4-3-9(6-12-7-14)5-11(10)13-8-15/h9-11H,2-6H2,1H3. The van der Waals surface area contributed by atoms with Crippen molar-refractivity contribution in [1.29, 1.82) is 0 Å². The minimum Gasteiger partial charge on any atom is -0.211 e. The maximum Gasteiger partial charge on any atom is 0.235 e. The summed E-state index contributed by atoms with van der Waals surface area (Å²) >= 11 is 0. The second kappa shape index (κ2) is 6.28. The van der Waals surface area contributed by atoms with E-state index < -0.39 is 0 Å². The van der Waals surface area contributed by atoms with Crippen LogP contribution >= 0.6 is 0 Å². The Morgan fingerprint density at radius 3 is 2.67 bits per heavy atom. The van der Waals surface area contributed by atoms with Gasteiger partial charge >= 0.3 is 0 Å². The van der Waals surface area contributed by atoms with E-state index in [-0.39, 0.29) is 6.04 Å². The summed E-state index contributed by atoms with van der Waals surface area (Å²) in [6, 6.07) is 0.0769. The number of carbonyl (C=O) groups excluding carboxylic acids is 2. The van der Waals surface area contributed by atoms with Gasteiger partial charge in [-0.1, -0.05) is 13.3 Å². The Morgan fingerprint density at radius 1 is 1.27 bits per heavy atom. The van der Waals surface area contributed by atoms with Crippen molar-refractivity contribution in [2.75, 3.05) is 6.54 Å². The molecule has 1 aliphatic carbocycles. The molecule has 1 saturated carbocycles. The summed E-state index contributed by atoms with van der Waals surface area (Å²) in [4.78, 5) is 27.7. The molecule has 3 unspecified atom stereocenters. The van der Waals surface area contributed by atoms with Crippen molar-refractivity contribution in [2.45, 2.75) is 38.6 Å². The third-order valence-electron chi connectivity index (χ3n) is 3.22. The van der Waals surface area contributed by atoms with Gasteiger partial charge in [0.05, 0.1) is 12.6 Å². The van der Waals surface area contributed by atoms with Crippen LogP contribution in [0.25, 0.3) is 0 Å². The van der Waals surface area contributed by atoms with Gasteiger partial charge < -0.3 is 0 Å². The lowest BCUT2D eigenvalue weighted by atomic mass is 9.77. The Balaban J connectivity index is 2.56. The smallest absolute Gasteiger partial charge is 0.211 e. The van der Waals surface area contributed by atoms with Crippen LogP contribution < -0.4 is 0 Å². The van der Waals surface area contributed by atoms with Crippen LogP contribution in [0.3, 0.4) is 0 Å². The first-order valence-corrected chi connectivity index (χ1v) is 5.42. The molecule has 4 nitrogen and oxygen atoms in total. The fourth-order valence-corrected chi connectivity index (χ4v) is 2.33. The fraction of sp³-hybridized carbons (Fsp3) is 0.818. The van der Waals surface area contributed by atoms with Gasteiger partial charge in [-0.3, -0.25) is 0 Å². The number of nitrogens with zero attached hydrogens (tertiary/aromatic N) is 2. The summed E-state index contributed by atoms with van der Waals surface area (Å²) in [5, 5.41) is 0. The van der Waals surface area contributed by atoms with Crippen molar-refractivity contribution in [3.63, 3.8) is 0 Å². The SMILES string of the molecule is CCC1CCC(CN=C=O)CC1N=C=O. The lowest BCUT2D eigenvalue weighted by Crippen LogP contribution is -2.29. The molecule has 0 spiro atoms. The van der Waals surface area contributed by atoms with Gasteiger partial charge in [-0.2, -0.15) is 0 Å². The molecule has 0 aromatic rings. The summed E-state index contributed by atoms with van der Waals surface area (Å²) < 4.78 is 0. The molecule has 0 radical (unpaired) electrons. The molecule has 0 heterocycles. The summed E-state index contributed by atoms with van der Waals surface area (Å²) in [7, 11) is 0. The van der Waals surface area contributed by atoms with Gasteiger partial charge in [0.15, 0.2) is 0 Å². The van der Waals surface area contributed by atoms with Gasteiger partial charge in [0.25, 0.3) is 0 Å². The molecule has 0 aromatic carbocycles. The molecule has 1 aliphatic rings. The summed E-state index contributed by atoms with van der Waals surface area (Å²) in [6.07, 6.45) is 7.21. The number of rotatable bonds is 4. The molecule has 3 atom stereocenters. The van der Waals surface area contributed by atoms with Crippen LogP contribution in [-0.2, 0) is 9.59 Å². The van der Waals surface area contributed by atoms with Crippen molar-refractivity contribution in [1.82, 2.24) is 0 Å². The minimum absolute atomic E-state index is 0.0769. The van der Waals surface area contributed by atoms with E-state index in [0.29, 0.717) is 18.4 Å². The Hall–Kier alpha value is -1.24. The molecule has 0 aliphatic heterocycles. The van der Waals surface area contributed by atoms with Crippen molar-refractivity contribution >= 4 is 12.2 Å². The molecule has 0 saturated heterocycles. The van der Waals surface area contributed by atoms with Gasteiger partial charge in [0, 0.05) is 0 Å². The first-order valence-electron chi connectivity index (χ1n) is 5.42. The second-order valence-corrected chi connectivity index (χ2v) is 4.07. The number of aliphatic imine (C=N–C) groups is 2. The van der Waals surface area contributed by atoms with Gasteiger partial charge in [0.1, 0.15) is 0 Å². The van der Waals surface area contributed by atoms with Crippen molar-refractivity contribution in [3.8, 4) is 0 Å². The molecule has 15 heavy (non-hydrogen) atoms. The number of hydrogen-bond acceptors (Lipinski definition) is 4. The van der Waals surface area contributed by atoms with E-state index in [1.165, 1.54) is 0 Å². The first kappa shape index (κ1) is 11.8. The van der Waals surface area contributed by atoms with E-state index in [1.807, 2.05) is 0 Å². The van der Waals surface area contributed by atoms with E-state index in [2.05, 4.69) is 16.9 Å². The van der Waals surface area contributed by atoms with Crippen LogP contribution in [0.1, 0.15) is 32.6 Å². The monoisotopic (exact) mass is 208 g/mol. The normalized spacial score (nSPS) is 30.1. The molecule has 0 aromatic heterocycles. The average Bonchev–Trinajstić information content (AvgIpc) is 2.27. The molecule has 82 valence electrons. The maximum absolute atomic E-state index is 10.3. The van der Waals surface area contributed by atoms with E-state index in [1.54, 1.807) is 12.2 Å². The number of isocyanates is 2. The highest BCUT2D eigenvalue weighted by Gasteiger charge is 2.29. The second-order valence-electron chi connectivity index (χ2n) is 4.07. The third-order valence-corrected chi connectivity index (χ3v) is 3.22. The summed E-state index contributed by atoms with van der Waals surface area (Å²) in [5.74, 6) is 0.860. The minimum atomic E-state index is 0.0769. The zero-order valence-electron chi connectivity index (χ0n) is 8.98. The highest BCUT2D eigenvalue weighted by Crippen LogP contribution is 2.32. The molecule has 0 bridgehead atoms. The molecule has 4 heteroatoms. The third kappa shape index (κ3) is 3.43. The van der Waals surface area contributed by atoms with Crippen LogP contribution in [0, 0.1) is 11.8 Å². The van der Waals surface area contributed by atoms with Crippen molar-refractivity contribution < 1.29 is 9.59 Å². The van der Waals surface area contributed by atoms with E-state index in [9.17, 15) is 9.59 Å². The first-order chi connectivity index (χ1) is 7.31. The average molecular weight is 208 g/mol. The molecular weight excluding hydrogens is 192 g/mol. The zero-order chi connectivity index (χ0) is 11.1. The van der Waals surface area contributed by atoms with E-state index >= 15 is 0 Å². The van der Waals surface area contributed by atoms with Crippen LogP contribution in [-0.4, -0.2) is 24.7 Å². The Morgan fingerprint density at radius 2 is 2.07 bits per heavy atom. The van der Waals surface area contributed by atoms with Crippen LogP contribution in [0.4, 0.5) is 0 Å². The van der Waals surface area contributed by atoms with Crippen LogP contribution in [0.2, 0.25) is 0 Å². The molecule has 1 rings (SSSR count). The molecule has 1 fully saturated rings. The van der Waals surface area contributed by atoms with Gasteiger partial charge in [0.2, 0.25) is 12.2 Å². The molecular formula is C11H16N2O2. The molecule has 0 amide bonds. The topological polar surface area (TPSA) is 58.9 Å². The zero-order valence-corrected chi connectivity index (χ0v) is 8.98. The predicted octanol–water partition coefficient (Wildman–Crippen LogP) is 1.85. The Kier molecular flexibility index (Phi) is 4.96. The highest BCUT2D eigenvalue weighted by atomic mass is 16.1. The maximum atomic E-state index is 10.3. The summed E-state index contributed by atoms with van der Waals surface area (Å²) in [6.45, 7) is 2.63. The molecule has 0 N–H and O–H groups in total. The fourth-order valence-electron chi connectivity index (χ4n) is 2.33.